The topological polar surface area (TPSA) is 71.1 Å². The molecule has 26 heavy (non-hydrogen) atoms. The van der Waals surface area contributed by atoms with Crippen molar-refractivity contribution in [3.05, 3.63) is 40.4 Å². The van der Waals surface area contributed by atoms with Gasteiger partial charge in [0.1, 0.15) is 9.88 Å². The highest BCUT2D eigenvalue weighted by Gasteiger charge is 2.22. The quantitative estimate of drug-likeness (QED) is 0.764. The highest BCUT2D eigenvalue weighted by Crippen LogP contribution is 2.28. The van der Waals surface area contributed by atoms with E-state index in [1.54, 1.807) is 6.20 Å². The Morgan fingerprint density at radius 2 is 1.88 bits per heavy atom. The second kappa shape index (κ2) is 8.45. The van der Waals surface area contributed by atoms with Gasteiger partial charge in [0.05, 0.1) is 6.20 Å². The number of nitrogens with one attached hydrogen (secondary N) is 2. The fraction of sp³-hybridized carbons (Fsp3) is 0.450. The van der Waals surface area contributed by atoms with Crippen LogP contribution in [0.3, 0.4) is 0 Å². The second-order valence-corrected chi connectivity index (χ2v) is 7.91. The molecule has 2 amide bonds. The van der Waals surface area contributed by atoms with E-state index in [0.29, 0.717) is 18.0 Å². The number of rotatable bonds is 6. The summed E-state index contributed by atoms with van der Waals surface area (Å²) < 4.78 is 0. The van der Waals surface area contributed by atoms with Gasteiger partial charge in [-0.2, -0.15) is 0 Å². The number of amides is 2. The van der Waals surface area contributed by atoms with Crippen LogP contribution in [0.4, 0.5) is 0 Å². The first-order valence-corrected chi connectivity index (χ1v) is 9.95. The number of carbonyl (C=O) groups excluding carboxylic acids is 2. The molecule has 0 radical (unpaired) electrons. The van der Waals surface area contributed by atoms with E-state index in [0.717, 1.165) is 41.8 Å². The molecule has 1 heterocycles. The molecule has 0 aliphatic heterocycles. The average molecular weight is 372 g/mol. The van der Waals surface area contributed by atoms with Crippen molar-refractivity contribution in [1.82, 2.24) is 15.6 Å². The van der Waals surface area contributed by atoms with Gasteiger partial charge in [0.15, 0.2) is 0 Å². The average Bonchev–Trinajstić information content (AvgIpc) is 3.30. The Morgan fingerprint density at radius 3 is 2.62 bits per heavy atom. The first-order chi connectivity index (χ1) is 12.5. The Labute approximate surface area is 158 Å². The van der Waals surface area contributed by atoms with E-state index in [-0.39, 0.29) is 17.7 Å². The van der Waals surface area contributed by atoms with Gasteiger partial charge in [-0.05, 0) is 32.3 Å². The molecule has 6 heteroatoms. The lowest BCUT2D eigenvalue weighted by Gasteiger charge is -2.10. The summed E-state index contributed by atoms with van der Waals surface area (Å²) in [5, 5.41) is 6.61. The van der Waals surface area contributed by atoms with E-state index in [9.17, 15) is 9.59 Å². The lowest BCUT2D eigenvalue weighted by molar-refractivity contribution is -0.124. The van der Waals surface area contributed by atoms with Gasteiger partial charge in [0, 0.05) is 24.6 Å². The SMILES string of the molecule is Cc1ccc(-c2ncc(C(=O)NCCNC(=O)C3CCCC3)s2)c(C)c1. The van der Waals surface area contributed by atoms with Crippen LogP contribution >= 0.6 is 11.3 Å². The summed E-state index contributed by atoms with van der Waals surface area (Å²) in [6, 6.07) is 6.21. The third kappa shape index (κ3) is 4.49. The van der Waals surface area contributed by atoms with Crippen LogP contribution < -0.4 is 10.6 Å². The summed E-state index contributed by atoms with van der Waals surface area (Å²) >= 11 is 1.39. The van der Waals surface area contributed by atoms with Crippen molar-refractivity contribution in [2.24, 2.45) is 5.92 Å². The zero-order valence-corrected chi connectivity index (χ0v) is 16.1. The fourth-order valence-corrected chi connectivity index (χ4v) is 4.26. The van der Waals surface area contributed by atoms with Crippen LogP contribution in [0.5, 0.6) is 0 Å². The molecule has 2 aromatic rings. The van der Waals surface area contributed by atoms with Crippen LogP contribution in [0.25, 0.3) is 10.6 Å². The van der Waals surface area contributed by atoms with E-state index in [1.807, 2.05) is 6.07 Å². The van der Waals surface area contributed by atoms with Gasteiger partial charge in [0.25, 0.3) is 5.91 Å². The Hall–Kier alpha value is -2.21. The zero-order chi connectivity index (χ0) is 18.5. The monoisotopic (exact) mass is 371 g/mol. The Kier molecular flexibility index (Phi) is 6.04. The molecule has 5 nitrogen and oxygen atoms in total. The number of aryl methyl sites for hydroxylation is 2. The Bertz CT molecular complexity index is 794. The van der Waals surface area contributed by atoms with Crippen LogP contribution in [0.15, 0.2) is 24.4 Å². The molecule has 138 valence electrons. The van der Waals surface area contributed by atoms with Gasteiger partial charge < -0.3 is 10.6 Å². The van der Waals surface area contributed by atoms with E-state index in [1.165, 1.54) is 16.9 Å². The van der Waals surface area contributed by atoms with Crippen molar-refractivity contribution in [1.29, 1.82) is 0 Å². The molecule has 1 saturated carbocycles. The molecule has 1 aromatic carbocycles. The van der Waals surface area contributed by atoms with Gasteiger partial charge in [-0.3, -0.25) is 9.59 Å². The number of nitrogens with zero attached hydrogens (tertiary/aromatic N) is 1. The predicted molar refractivity (Wildman–Crippen MR) is 104 cm³/mol. The molecule has 1 aromatic heterocycles. The van der Waals surface area contributed by atoms with Crippen molar-refractivity contribution in [2.45, 2.75) is 39.5 Å². The highest BCUT2D eigenvalue weighted by molar-refractivity contribution is 7.16. The summed E-state index contributed by atoms with van der Waals surface area (Å²) in [6.45, 7) is 5.00. The number of thiazole rings is 1. The zero-order valence-electron chi connectivity index (χ0n) is 15.3. The van der Waals surface area contributed by atoms with Crippen LogP contribution in [0, 0.1) is 19.8 Å². The molecule has 0 saturated heterocycles. The van der Waals surface area contributed by atoms with Gasteiger partial charge >= 0.3 is 0 Å². The summed E-state index contributed by atoms with van der Waals surface area (Å²) in [6.07, 6.45) is 5.87. The predicted octanol–water partition coefficient (Wildman–Crippen LogP) is 3.46. The normalized spacial score (nSPS) is 14.4. The molecule has 0 atom stereocenters. The molecule has 1 aliphatic rings. The van der Waals surface area contributed by atoms with Crippen LogP contribution in [0.2, 0.25) is 0 Å². The van der Waals surface area contributed by atoms with E-state index >= 15 is 0 Å². The lowest BCUT2D eigenvalue weighted by Crippen LogP contribution is -2.36. The van der Waals surface area contributed by atoms with Crippen LogP contribution in [0.1, 0.15) is 46.5 Å². The maximum atomic E-state index is 12.3. The molecular weight excluding hydrogens is 346 g/mol. The molecular formula is C20H25N3O2S. The van der Waals surface area contributed by atoms with Gasteiger partial charge in [-0.25, -0.2) is 4.98 Å². The van der Waals surface area contributed by atoms with E-state index < -0.39 is 0 Å². The van der Waals surface area contributed by atoms with Crippen molar-refractivity contribution in [2.75, 3.05) is 13.1 Å². The van der Waals surface area contributed by atoms with Crippen molar-refractivity contribution in [3.63, 3.8) is 0 Å². The summed E-state index contributed by atoms with van der Waals surface area (Å²) in [4.78, 5) is 29.2. The molecule has 0 bridgehead atoms. The van der Waals surface area contributed by atoms with Gasteiger partial charge in [-0.15, -0.1) is 11.3 Å². The van der Waals surface area contributed by atoms with Crippen LogP contribution in [-0.4, -0.2) is 29.9 Å². The summed E-state index contributed by atoms with van der Waals surface area (Å²) in [5.41, 5.74) is 3.42. The second-order valence-electron chi connectivity index (χ2n) is 6.88. The van der Waals surface area contributed by atoms with Crippen molar-refractivity contribution < 1.29 is 9.59 Å². The Balaban J connectivity index is 1.49. The standard InChI is InChI=1S/C20H25N3O2S/c1-13-7-8-16(14(2)11-13)20-23-12-17(26-20)19(25)22-10-9-21-18(24)15-5-3-4-6-15/h7-8,11-12,15H,3-6,9-10H2,1-2H3,(H,21,24)(H,22,25). The number of carbonyl (C=O) groups is 2. The minimum Gasteiger partial charge on any atom is -0.354 e. The molecule has 1 aliphatic carbocycles. The number of aromatic nitrogens is 1. The van der Waals surface area contributed by atoms with Crippen molar-refractivity contribution in [3.8, 4) is 10.6 Å². The minimum atomic E-state index is -0.145. The van der Waals surface area contributed by atoms with Gasteiger partial charge in [0.2, 0.25) is 5.91 Å². The minimum absolute atomic E-state index is 0.117. The largest absolute Gasteiger partial charge is 0.354 e. The molecule has 0 unspecified atom stereocenters. The first kappa shape index (κ1) is 18.6. The maximum absolute atomic E-state index is 12.3. The Morgan fingerprint density at radius 1 is 1.15 bits per heavy atom. The lowest BCUT2D eigenvalue weighted by atomic mass is 10.1. The van der Waals surface area contributed by atoms with Gasteiger partial charge in [-0.1, -0.05) is 36.6 Å². The maximum Gasteiger partial charge on any atom is 0.263 e. The summed E-state index contributed by atoms with van der Waals surface area (Å²) in [7, 11) is 0. The highest BCUT2D eigenvalue weighted by atomic mass is 32.1. The molecule has 0 spiro atoms. The number of hydrogen-bond acceptors (Lipinski definition) is 4. The van der Waals surface area contributed by atoms with E-state index in [4.69, 9.17) is 0 Å². The molecule has 3 rings (SSSR count). The smallest absolute Gasteiger partial charge is 0.263 e. The number of benzene rings is 1. The third-order valence-corrected chi connectivity index (χ3v) is 5.81. The molecule has 1 fully saturated rings. The molecule has 2 N–H and O–H groups in total. The third-order valence-electron chi connectivity index (χ3n) is 4.78. The first-order valence-electron chi connectivity index (χ1n) is 9.14. The fourth-order valence-electron chi connectivity index (χ4n) is 3.34. The number of hydrogen-bond donors (Lipinski definition) is 2. The van der Waals surface area contributed by atoms with Crippen LogP contribution in [-0.2, 0) is 4.79 Å². The van der Waals surface area contributed by atoms with E-state index in [2.05, 4.69) is 41.6 Å². The summed E-state index contributed by atoms with van der Waals surface area (Å²) in [5.74, 6) is 0.132. The van der Waals surface area contributed by atoms with Crippen molar-refractivity contribution >= 4 is 23.2 Å².